The number of nitrogens with zero attached hydrogens (tertiary/aromatic N) is 5. The normalized spacial score (nSPS) is 15.1. The predicted octanol–water partition coefficient (Wildman–Crippen LogP) is 0.793. The van der Waals surface area contributed by atoms with Crippen LogP contribution in [-0.2, 0) is 16.8 Å². The van der Waals surface area contributed by atoms with Crippen molar-refractivity contribution in [1.29, 1.82) is 0 Å². The Morgan fingerprint density at radius 1 is 1.48 bits per heavy atom. The number of amides is 1. The van der Waals surface area contributed by atoms with Gasteiger partial charge in [-0.3, -0.25) is 4.39 Å². The zero-order chi connectivity index (χ0) is 21.2. The molecule has 160 valence electrons. The second-order valence-electron chi connectivity index (χ2n) is 6.64. The van der Waals surface area contributed by atoms with E-state index in [4.69, 9.17) is 4.74 Å². The lowest BCUT2D eigenvalue weighted by atomic mass is 10.5. The number of ether oxygens (including phenoxy) is 1. The molecule has 1 saturated carbocycles. The number of carbonyl (C=O) groups is 1. The van der Waals surface area contributed by atoms with E-state index in [0.29, 0.717) is 4.68 Å². The van der Waals surface area contributed by atoms with E-state index in [1.807, 2.05) is 0 Å². The van der Waals surface area contributed by atoms with Crippen LogP contribution in [0.5, 0.6) is 6.01 Å². The molecular weight excluding hydrogens is 427 g/mol. The van der Waals surface area contributed by atoms with Crippen molar-refractivity contribution >= 4 is 27.6 Å². The number of rotatable bonds is 8. The van der Waals surface area contributed by atoms with Gasteiger partial charge in [-0.1, -0.05) is 0 Å². The summed E-state index contributed by atoms with van der Waals surface area (Å²) in [7, 11) is -4.48. The number of hydrogen-bond acceptors (Lipinski definition) is 7. The van der Waals surface area contributed by atoms with Gasteiger partial charge in [0.05, 0.1) is 12.8 Å². The highest BCUT2D eigenvalue weighted by molar-refractivity contribution is 7.88. The molecule has 2 heterocycles. The third-order valence-electron chi connectivity index (χ3n) is 3.83. The Kier molecular flexibility index (Phi) is 6.21. The summed E-state index contributed by atoms with van der Waals surface area (Å²) in [5.41, 5.74) is -0.787. The lowest BCUT2D eigenvalue weighted by molar-refractivity contribution is 0.208. The van der Waals surface area contributed by atoms with Crippen LogP contribution in [0.1, 0.15) is 39.2 Å². The average Bonchev–Trinajstić information content (AvgIpc) is 3.28. The van der Waals surface area contributed by atoms with Crippen LogP contribution in [0.15, 0.2) is 20.8 Å². The highest BCUT2D eigenvalue weighted by Crippen LogP contribution is 2.36. The third kappa shape index (κ3) is 5.12. The maximum absolute atomic E-state index is 12.5. The number of hydrogen-bond donors (Lipinski definition) is 1. The minimum Gasteiger partial charge on any atom is -0.461 e. The fraction of sp³-hybridized carbons (Fsp3) is 0.600. The van der Waals surface area contributed by atoms with Gasteiger partial charge >= 0.3 is 27.9 Å². The number of thiazole rings is 1. The van der Waals surface area contributed by atoms with Crippen LogP contribution >= 0.6 is 11.3 Å². The standard InChI is InChI=1S/C15H21FN6O5S2/c1-10(2)27-13-17-22(15(24)21(13)11-4-5-11)12(23)18-29(25,26)19-14-20(7-3-6-16)8-9-28-14/h8-11H,3-7H2,1-2H3,(H,18,23)/b19-14-. The Bertz CT molecular complexity index is 1110. The number of halogens is 1. The first-order valence-corrected chi connectivity index (χ1v) is 11.2. The lowest BCUT2D eigenvalue weighted by Crippen LogP contribution is -2.40. The van der Waals surface area contributed by atoms with Crippen LogP contribution in [0.3, 0.4) is 0 Å². The second kappa shape index (κ2) is 8.49. The SMILES string of the molecule is CC(C)Oc1nn(C(=O)NS(=O)(=O)/N=c2\sccn2CCCF)c(=O)n1C1CC1. The summed E-state index contributed by atoms with van der Waals surface area (Å²) in [6.07, 6.45) is 2.96. The van der Waals surface area contributed by atoms with Crippen LogP contribution in [0.2, 0.25) is 0 Å². The van der Waals surface area contributed by atoms with Crippen molar-refractivity contribution in [3.8, 4) is 6.01 Å². The average molecular weight is 449 g/mol. The summed E-state index contributed by atoms with van der Waals surface area (Å²) in [5.74, 6) is 0. The largest absolute Gasteiger partial charge is 0.461 e. The monoisotopic (exact) mass is 448 g/mol. The van der Waals surface area contributed by atoms with Crippen molar-refractivity contribution < 1.29 is 22.3 Å². The molecule has 29 heavy (non-hydrogen) atoms. The van der Waals surface area contributed by atoms with E-state index in [0.717, 1.165) is 24.2 Å². The first-order valence-electron chi connectivity index (χ1n) is 8.93. The highest BCUT2D eigenvalue weighted by atomic mass is 32.2. The topological polar surface area (TPSA) is 130 Å². The molecule has 1 N–H and O–H groups in total. The predicted molar refractivity (Wildman–Crippen MR) is 102 cm³/mol. The van der Waals surface area contributed by atoms with Crippen molar-refractivity contribution in [2.75, 3.05) is 6.67 Å². The first-order chi connectivity index (χ1) is 13.7. The van der Waals surface area contributed by atoms with Gasteiger partial charge in [-0.15, -0.1) is 25.5 Å². The summed E-state index contributed by atoms with van der Waals surface area (Å²) < 4.78 is 50.7. The van der Waals surface area contributed by atoms with E-state index in [9.17, 15) is 22.4 Å². The third-order valence-corrected chi connectivity index (χ3v) is 5.59. The molecule has 0 radical (unpaired) electrons. The van der Waals surface area contributed by atoms with Gasteiger partial charge in [-0.25, -0.2) is 18.9 Å². The molecule has 0 aliphatic heterocycles. The van der Waals surface area contributed by atoms with Gasteiger partial charge in [0.2, 0.25) is 4.80 Å². The van der Waals surface area contributed by atoms with E-state index >= 15 is 0 Å². The zero-order valence-electron chi connectivity index (χ0n) is 15.8. The molecule has 1 fully saturated rings. The first kappa shape index (κ1) is 21.2. The molecule has 1 aliphatic carbocycles. The quantitative estimate of drug-likeness (QED) is 0.636. The number of carbonyl (C=O) groups excluding carboxylic acids is 1. The molecule has 11 nitrogen and oxygen atoms in total. The molecule has 0 unspecified atom stereocenters. The van der Waals surface area contributed by atoms with E-state index in [2.05, 4.69) is 9.50 Å². The highest BCUT2D eigenvalue weighted by Gasteiger charge is 2.33. The summed E-state index contributed by atoms with van der Waals surface area (Å²) >= 11 is 1.01. The summed E-state index contributed by atoms with van der Waals surface area (Å²) in [6, 6.07) is -1.43. The molecule has 1 aliphatic rings. The molecule has 3 rings (SSSR count). The molecule has 2 aromatic heterocycles. The summed E-state index contributed by atoms with van der Waals surface area (Å²) in [5, 5.41) is 5.42. The molecule has 2 aromatic rings. The maximum Gasteiger partial charge on any atom is 0.361 e. The van der Waals surface area contributed by atoms with Crippen molar-refractivity contribution in [2.24, 2.45) is 4.40 Å². The van der Waals surface area contributed by atoms with Crippen LogP contribution in [0, 0.1) is 0 Å². The van der Waals surface area contributed by atoms with Gasteiger partial charge in [-0.2, -0.15) is 8.42 Å². The Balaban J connectivity index is 1.85. The maximum atomic E-state index is 12.5. The molecule has 0 aromatic carbocycles. The van der Waals surface area contributed by atoms with Gasteiger partial charge in [0, 0.05) is 24.2 Å². The van der Waals surface area contributed by atoms with Crippen molar-refractivity contribution in [3.05, 3.63) is 26.9 Å². The van der Waals surface area contributed by atoms with Gasteiger partial charge in [0.25, 0.3) is 0 Å². The number of nitrogens with one attached hydrogen (secondary N) is 1. The molecule has 0 atom stereocenters. The molecule has 14 heteroatoms. The van der Waals surface area contributed by atoms with Crippen molar-refractivity contribution in [2.45, 2.75) is 51.8 Å². The van der Waals surface area contributed by atoms with Crippen LogP contribution in [-0.4, -0.2) is 46.1 Å². The fourth-order valence-electron chi connectivity index (χ4n) is 2.48. The van der Waals surface area contributed by atoms with Crippen LogP contribution in [0.4, 0.5) is 9.18 Å². The summed E-state index contributed by atoms with van der Waals surface area (Å²) in [6.45, 7) is 3.16. The molecular formula is C15H21FN6O5S2. The van der Waals surface area contributed by atoms with E-state index in [-0.39, 0.29) is 35.9 Å². The van der Waals surface area contributed by atoms with E-state index < -0.39 is 28.6 Å². The van der Waals surface area contributed by atoms with Crippen LogP contribution in [0.25, 0.3) is 0 Å². The fourth-order valence-corrected chi connectivity index (χ4v) is 4.23. The lowest BCUT2D eigenvalue weighted by Gasteiger charge is -2.08. The Hall–Kier alpha value is -2.48. The van der Waals surface area contributed by atoms with Gasteiger partial charge in [0.15, 0.2) is 0 Å². The number of alkyl halides is 1. The molecule has 0 bridgehead atoms. The van der Waals surface area contributed by atoms with Crippen LogP contribution < -0.4 is 20.0 Å². The molecule has 0 saturated heterocycles. The smallest absolute Gasteiger partial charge is 0.361 e. The van der Waals surface area contributed by atoms with E-state index in [1.54, 1.807) is 30.1 Å². The second-order valence-corrected chi connectivity index (χ2v) is 8.85. The Morgan fingerprint density at radius 2 is 2.21 bits per heavy atom. The molecule has 1 amide bonds. The van der Waals surface area contributed by atoms with Gasteiger partial charge in [-0.05, 0) is 33.1 Å². The number of aromatic nitrogens is 4. The van der Waals surface area contributed by atoms with Crippen molar-refractivity contribution in [1.82, 2.24) is 23.6 Å². The van der Waals surface area contributed by atoms with Gasteiger partial charge < -0.3 is 9.30 Å². The van der Waals surface area contributed by atoms with E-state index in [1.165, 1.54) is 9.13 Å². The van der Waals surface area contributed by atoms with Gasteiger partial charge in [0.1, 0.15) is 0 Å². The summed E-state index contributed by atoms with van der Waals surface area (Å²) in [4.78, 5) is 25.0. The zero-order valence-corrected chi connectivity index (χ0v) is 17.4. The molecule has 0 spiro atoms. The van der Waals surface area contributed by atoms with Crippen molar-refractivity contribution in [3.63, 3.8) is 0 Å². The minimum atomic E-state index is -4.48. The number of aryl methyl sites for hydroxylation is 1. The minimum absolute atomic E-state index is 0.0423. The Morgan fingerprint density at radius 3 is 2.83 bits per heavy atom. The Labute approximate surface area is 169 Å².